The highest BCUT2D eigenvalue weighted by Gasteiger charge is 2.23. The Morgan fingerprint density at radius 3 is 2.80 bits per heavy atom. The van der Waals surface area contributed by atoms with Crippen LogP contribution in [0.3, 0.4) is 0 Å². The molecule has 0 saturated heterocycles. The highest BCUT2D eigenvalue weighted by molar-refractivity contribution is 5.87. The molecule has 1 saturated carbocycles. The Morgan fingerprint density at radius 1 is 1.20 bits per heavy atom. The normalized spacial score (nSPS) is 14.7. The van der Waals surface area contributed by atoms with E-state index < -0.39 is 0 Å². The molecule has 3 aromatic rings. The number of aromatic nitrogens is 5. The molecule has 1 aliphatic rings. The van der Waals surface area contributed by atoms with Crippen LogP contribution in [0.15, 0.2) is 49.3 Å². The van der Waals surface area contributed by atoms with Gasteiger partial charge in [0.1, 0.15) is 24.4 Å². The lowest BCUT2D eigenvalue weighted by molar-refractivity contribution is 0.0454. The highest BCUT2D eigenvalue weighted by atomic mass is 16.5. The molecule has 1 fully saturated rings. The van der Waals surface area contributed by atoms with Crippen LogP contribution < -0.4 is 0 Å². The minimum absolute atomic E-state index is 0.186. The van der Waals surface area contributed by atoms with Crippen molar-refractivity contribution < 1.29 is 9.53 Å². The fraction of sp³-hybridized carbons (Fsp3) is 0.333. The molecule has 0 aromatic carbocycles. The molecule has 0 aliphatic heterocycles. The molecule has 128 valence electrons. The number of hydrogen-bond acceptors (Lipinski definition) is 5. The van der Waals surface area contributed by atoms with Crippen LogP contribution in [-0.4, -0.2) is 30.3 Å². The number of pyridine rings is 1. The summed E-state index contributed by atoms with van der Waals surface area (Å²) in [6.45, 7) is 0.186. The van der Waals surface area contributed by atoms with Crippen molar-refractivity contribution in [1.82, 2.24) is 24.3 Å². The number of nitrogens with zero attached hydrogens (tertiary/aromatic N) is 5. The standard InChI is InChI=1S/C18H19N5O2/c24-18(16-7-8-21-23(16)15-3-1-2-4-15)25-12-14-5-6-17(20-11-14)22-10-9-19-13-22/h5-11,13,15H,1-4,12H2. The molecule has 0 unspecified atom stereocenters. The van der Waals surface area contributed by atoms with Gasteiger partial charge in [-0.05, 0) is 25.0 Å². The third kappa shape index (κ3) is 3.31. The first-order valence-corrected chi connectivity index (χ1v) is 8.45. The predicted molar refractivity (Wildman–Crippen MR) is 90.2 cm³/mol. The van der Waals surface area contributed by atoms with Crippen LogP contribution in [0.2, 0.25) is 0 Å². The molecule has 3 aromatic heterocycles. The van der Waals surface area contributed by atoms with Gasteiger partial charge in [0.05, 0.1) is 6.04 Å². The summed E-state index contributed by atoms with van der Waals surface area (Å²) in [5.41, 5.74) is 1.36. The zero-order chi connectivity index (χ0) is 17.1. The minimum atomic E-state index is -0.344. The number of esters is 1. The third-order valence-corrected chi connectivity index (χ3v) is 4.50. The van der Waals surface area contributed by atoms with E-state index in [0.29, 0.717) is 11.7 Å². The molecule has 1 aliphatic carbocycles. The van der Waals surface area contributed by atoms with Crippen molar-refractivity contribution in [2.75, 3.05) is 0 Å². The Kier molecular flexibility index (Phi) is 4.28. The molecule has 3 heterocycles. The van der Waals surface area contributed by atoms with Gasteiger partial charge in [-0.3, -0.25) is 9.25 Å². The predicted octanol–water partition coefficient (Wildman–Crippen LogP) is 2.94. The Balaban J connectivity index is 1.40. The SMILES string of the molecule is O=C(OCc1ccc(-n2ccnc2)nc1)c1ccnn1C1CCCC1. The number of rotatable bonds is 5. The van der Waals surface area contributed by atoms with Crippen molar-refractivity contribution >= 4 is 5.97 Å². The van der Waals surface area contributed by atoms with Crippen LogP contribution in [0.25, 0.3) is 5.82 Å². The van der Waals surface area contributed by atoms with E-state index in [2.05, 4.69) is 15.1 Å². The van der Waals surface area contributed by atoms with E-state index >= 15 is 0 Å². The summed E-state index contributed by atoms with van der Waals surface area (Å²) in [5, 5.41) is 4.31. The monoisotopic (exact) mass is 337 g/mol. The van der Waals surface area contributed by atoms with Gasteiger partial charge in [0.15, 0.2) is 0 Å². The van der Waals surface area contributed by atoms with E-state index in [0.717, 1.165) is 24.2 Å². The van der Waals surface area contributed by atoms with E-state index in [1.807, 2.05) is 27.6 Å². The molecule has 0 N–H and O–H groups in total. The summed E-state index contributed by atoms with van der Waals surface area (Å²) < 4.78 is 9.07. The van der Waals surface area contributed by atoms with Crippen LogP contribution in [-0.2, 0) is 11.3 Å². The van der Waals surface area contributed by atoms with E-state index in [9.17, 15) is 4.79 Å². The second kappa shape index (κ2) is 6.88. The number of ether oxygens (including phenoxy) is 1. The molecule has 0 spiro atoms. The Bertz CT molecular complexity index is 833. The van der Waals surface area contributed by atoms with Crippen LogP contribution in [0.1, 0.15) is 47.8 Å². The topological polar surface area (TPSA) is 74.8 Å². The number of hydrogen-bond donors (Lipinski definition) is 0. The molecule has 0 amide bonds. The molecule has 7 heteroatoms. The van der Waals surface area contributed by atoms with Crippen molar-refractivity contribution in [1.29, 1.82) is 0 Å². The Hall–Kier alpha value is -2.96. The van der Waals surface area contributed by atoms with Gasteiger partial charge in [-0.2, -0.15) is 5.10 Å². The van der Waals surface area contributed by atoms with E-state index in [4.69, 9.17) is 4.74 Å². The average molecular weight is 337 g/mol. The van der Waals surface area contributed by atoms with Crippen LogP contribution in [0, 0.1) is 0 Å². The first-order valence-electron chi connectivity index (χ1n) is 8.45. The maximum absolute atomic E-state index is 12.4. The zero-order valence-corrected chi connectivity index (χ0v) is 13.8. The Morgan fingerprint density at radius 2 is 2.08 bits per heavy atom. The summed E-state index contributed by atoms with van der Waals surface area (Å²) in [6, 6.07) is 5.80. The summed E-state index contributed by atoms with van der Waals surface area (Å²) in [6.07, 6.45) is 13.1. The van der Waals surface area contributed by atoms with E-state index in [-0.39, 0.29) is 12.6 Å². The summed E-state index contributed by atoms with van der Waals surface area (Å²) >= 11 is 0. The molecular weight excluding hydrogens is 318 g/mol. The van der Waals surface area contributed by atoms with Crippen LogP contribution in [0.4, 0.5) is 0 Å². The maximum Gasteiger partial charge on any atom is 0.356 e. The van der Waals surface area contributed by atoms with Crippen molar-refractivity contribution in [3.63, 3.8) is 0 Å². The number of carbonyl (C=O) groups excluding carboxylic acids is 1. The molecule has 0 radical (unpaired) electrons. The summed E-state index contributed by atoms with van der Waals surface area (Å²) in [7, 11) is 0. The maximum atomic E-state index is 12.4. The van der Waals surface area contributed by atoms with Gasteiger partial charge >= 0.3 is 5.97 Å². The second-order valence-electron chi connectivity index (χ2n) is 6.17. The first-order chi connectivity index (χ1) is 12.3. The lowest BCUT2D eigenvalue weighted by atomic mass is 10.2. The quantitative estimate of drug-likeness (QED) is 0.669. The highest BCUT2D eigenvalue weighted by Crippen LogP contribution is 2.29. The third-order valence-electron chi connectivity index (χ3n) is 4.50. The summed E-state index contributed by atoms with van der Waals surface area (Å²) in [4.78, 5) is 20.7. The van der Waals surface area contributed by atoms with Gasteiger partial charge in [0.25, 0.3) is 0 Å². The van der Waals surface area contributed by atoms with Gasteiger partial charge in [0.2, 0.25) is 0 Å². The zero-order valence-electron chi connectivity index (χ0n) is 13.8. The van der Waals surface area contributed by atoms with Crippen molar-refractivity contribution in [2.24, 2.45) is 0 Å². The van der Waals surface area contributed by atoms with E-state index in [1.54, 1.807) is 31.0 Å². The van der Waals surface area contributed by atoms with Crippen molar-refractivity contribution in [3.05, 3.63) is 60.6 Å². The van der Waals surface area contributed by atoms with Gasteiger partial charge < -0.3 is 4.74 Å². The average Bonchev–Trinajstić information content (AvgIpc) is 3.41. The van der Waals surface area contributed by atoms with Crippen molar-refractivity contribution in [3.8, 4) is 5.82 Å². The van der Waals surface area contributed by atoms with Gasteiger partial charge in [0, 0.05) is 30.4 Å². The number of carbonyl (C=O) groups is 1. The second-order valence-corrected chi connectivity index (χ2v) is 6.17. The van der Waals surface area contributed by atoms with Gasteiger partial charge in [-0.15, -0.1) is 0 Å². The fourth-order valence-electron chi connectivity index (χ4n) is 3.19. The van der Waals surface area contributed by atoms with Crippen LogP contribution in [0.5, 0.6) is 0 Å². The first kappa shape index (κ1) is 15.6. The van der Waals surface area contributed by atoms with Gasteiger partial charge in [-0.1, -0.05) is 18.9 Å². The summed E-state index contributed by atoms with van der Waals surface area (Å²) in [5.74, 6) is 0.426. The molecule has 0 bridgehead atoms. The lowest BCUT2D eigenvalue weighted by Crippen LogP contribution is -2.16. The molecule has 25 heavy (non-hydrogen) atoms. The minimum Gasteiger partial charge on any atom is -0.456 e. The largest absolute Gasteiger partial charge is 0.456 e. The smallest absolute Gasteiger partial charge is 0.356 e. The van der Waals surface area contributed by atoms with E-state index in [1.165, 1.54) is 12.8 Å². The molecule has 7 nitrogen and oxygen atoms in total. The Labute approximate surface area is 145 Å². The number of imidazole rings is 1. The van der Waals surface area contributed by atoms with Crippen molar-refractivity contribution in [2.45, 2.75) is 38.3 Å². The lowest BCUT2D eigenvalue weighted by Gasteiger charge is -2.13. The fourth-order valence-corrected chi connectivity index (χ4v) is 3.19. The van der Waals surface area contributed by atoms with Crippen LogP contribution >= 0.6 is 0 Å². The van der Waals surface area contributed by atoms with Gasteiger partial charge in [-0.25, -0.2) is 14.8 Å². The molecule has 0 atom stereocenters. The molecular formula is C18H19N5O2. The molecule has 4 rings (SSSR count).